The molecule has 0 aromatic heterocycles. The fourth-order valence-corrected chi connectivity index (χ4v) is 6.07. The van der Waals surface area contributed by atoms with E-state index in [4.69, 9.17) is 0 Å². The van der Waals surface area contributed by atoms with Gasteiger partial charge in [0.2, 0.25) is 0 Å². The van der Waals surface area contributed by atoms with Gasteiger partial charge < -0.3 is 5.11 Å². The monoisotopic (exact) mass is 298 g/mol. The maximum Gasteiger partial charge on any atom is 0.309 e. The molecule has 0 aliphatic heterocycles. The van der Waals surface area contributed by atoms with Crippen LogP contribution in [0.2, 0.25) is 0 Å². The Morgan fingerprint density at radius 2 is 1.68 bits per heavy atom. The lowest BCUT2D eigenvalue weighted by molar-refractivity contribution is -0.167. The Morgan fingerprint density at radius 3 is 2.18 bits per heavy atom. The normalized spacial score (nSPS) is 39.4. The average molecular weight is 298 g/mol. The molecule has 0 spiro atoms. The molecule has 118 valence electrons. The summed E-state index contributed by atoms with van der Waals surface area (Å²) in [6, 6.07) is 9.09. The van der Waals surface area contributed by atoms with Gasteiger partial charge in [-0.1, -0.05) is 38.1 Å². The highest BCUT2D eigenvalue weighted by molar-refractivity contribution is 5.76. The number of aliphatic carboxylic acids is 1. The minimum atomic E-state index is -0.537. The molecule has 0 amide bonds. The van der Waals surface area contributed by atoms with E-state index in [2.05, 4.69) is 38.1 Å². The lowest BCUT2D eigenvalue weighted by Crippen LogP contribution is -2.56. The third-order valence-corrected chi connectivity index (χ3v) is 6.70. The molecule has 0 saturated heterocycles. The van der Waals surface area contributed by atoms with Crippen LogP contribution in [0, 0.1) is 17.3 Å². The van der Waals surface area contributed by atoms with E-state index in [0.717, 1.165) is 19.3 Å². The molecule has 4 bridgehead atoms. The van der Waals surface area contributed by atoms with E-state index in [-0.39, 0.29) is 5.41 Å². The van der Waals surface area contributed by atoms with E-state index in [0.29, 0.717) is 17.8 Å². The highest BCUT2D eigenvalue weighted by atomic mass is 16.4. The molecule has 2 heteroatoms. The number of carboxylic acid groups (broad SMARTS) is 1. The van der Waals surface area contributed by atoms with Crippen molar-refractivity contribution >= 4 is 5.97 Å². The van der Waals surface area contributed by atoms with Crippen LogP contribution in [0.15, 0.2) is 24.3 Å². The molecule has 4 aliphatic carbocycles. The lowest BCUT2D eigenvalue weighted by Gasteiger charge is -2.60. The number of rotatable bonds is 3. The van der Waals surface area contributed by atoms with Gasteiger partial charge in [-0.05, 0) is 72.8 Å². The van der Waals surface area contributed by atoms with Gasteiger partial charge in [-0.2, -0.15) is 0 Å². The van der Waals surface area contributed by atoms with Crippen LogP contribution in [0.1, 0.15) is 69.4 Å². The summed E-state index contributed by atoms with van der Waals surface area (Å²) in [6.45, 7) is 4.44. The Labute approximate surface area is 132 Å². The van der Waals surface area contributed by atoms with Crippen molar-refractivity contribution in [2.45, 2.75) is 63.7 Å². The highest BCUT2D eigenvalue weighted by Gasteiger charge is 2.61. The van der Waals surface area contributed by atoms with Crippen LogP contribution >= 0.6 is 0 Å². The largest absolute Gasteiger partial charge is 0.481 e. The van der Waals surface area contributed by atoms with E-state index < -0.39 is 11.4 Å². The molecule has 2 unspecified atom stereocenters. The molecule has 1 aromatic rings. The van der Waals surface area contributed by atoms with E-state index in [1.54, 1.807) is 0 Å². The van der Waals surface area contributed by atoms with Gasteiger partial charge in [0.15, 0.2) is 0 Å². The fourth-order valence-electron chi connectivity index (χ4n) is 6.07. The maximum absolute atomic E-state index is 12.0. The smallest absolute Gasteiger partial charge is 0.309 e. The quantitative estimate of drug-likeness (QED) is 0.875. The number of carbonyl (C=O) groups is 1. The van der Waals surface area contributed by atoms with Crippen molar-refractivity contribution < 1.29 is 9.90 Å². The zero-order valence-corrected chi connectivity index (χ0v) is 13.6. The summed E-state index contributed by atoms with van der Waals surface area (Å²) in [5, 5.41) is 9.86. The molecule has 0 radical (unpaired) electrons. The molecule has 4 saturated carbocycles. The van der Waals surface area contributed by atoms with Gasteiger partial charge in [-0.25, -0.2) is 0 Å². The minimum Gasteiger partial charge on any atom is -0.481 e. The van der Waals surface area contributed by atoms with Gasteiger partial charge >= 0.3 is 5.97 Å². The summed E-state index contributed by atoms with van der Waals surface area (Å²) in [7, 11) is 0. The van der Waals surface area contributed by atoms with Crippen molar-refractivity contribution in [3.8, 4) is 0 Å². The number of hydrogen-bond donors (Lipinski definition) is 1. The number of carboxylic acids is 1. The van der Waals surface area contributed by atoms with Gasteiger partial charge in [0.1, 0.15) is 0 Å². The SMILES string of the molecule is CC(C)c1ccc(C23C[C@@H]4C[C@@H](CC(C(=O)O)(C4)C2)C3)cc1. The molecule has 22 heavy (non-hydrogen) atoms. The van der Waals surface area contributed by atoms with Crippen LogP contribution in [-0.4, -0.2) is 11.1 Å². The number of benzene rings is 1. The molecule has 4 atom stereocenters. The second kappa shape index (κ2) is 4.59. The third-order valence-electron chi connectivity index (χ3n) is 6.70. The molecule has 0 heterocycles. The maximum atomic E-state index is 12.0. The van der Waals surface area contributed by atoms with E-state index in [1.165, 1.54) is 30.4 Å². The van der Waals surface area contributed by atoms with Crippen LogP contribution < -0.4 is 0 Å². The van der Waals surface area contributed by atoms with E-state index in [9.17, 15) is 9.90 Å². The van der Waals surface area contributed by atoms with Crippen molar-refractivity contribution in [1.82, 2.24) is 0 Å². The molecular formula is C20H26O2. The van der Waals surface area contributed by atoms with Gasteiger partial charge in [0, 0.05) is 0 Å². The van der Waals surface area contributed by atoms with Crippen LogP contribution in [0.5, 0.6) is 0 Å². The first-order chi connectivity index (χ1) is 10.4. The third kappa shape index (κ3) is 1.96. The van der Waals surface area contributed by atoms with Crippen molar-refractivity contribution in [2.24, 2.45) is 17.3 Å². The van der Waals surface area contributed by atoms with Gasteiger partial charge in [-0.3, -0.25) is 4.79 Å². The first-order valence-corrected chi connectivity index (χ1v) is 8.76. The Kier molecular flexibility index (Phi) is 2.99. The summed E-state index contributed by atoms with van der Waals surface area (Å²) in [5.74, 6) is 1.27. The minimum absolute atomic E-state index is 0.137. The first kappa shape index (κ1) is 14.3. The molecule has 2 nitrogen and oxygen atoms in total. The zero-order chi connectivity index (χ0) is 15.5. The van der Waals surface area contributed by atoms with Gasteiger partial charge in [-0.15, -0.1) is 0 Å². The highest BCUT2D eigenvalue weighted by Crippen LogP contribution is 2.65. The van der Waals surface area contributed by atoms with Crippen molar-refractivity contribution in [1.29, 1.82) is 0 Å². The van der Waals surface area contributed by atoms with Crippen LogP contribution in [0.25, 0.3) is 0 Å². The first-order valence-electron chi connectivity index (χ1n) is 8.76. The summed E-state index contributed by atoms with van der Waals surface area (Å²) < 4.78 is 0. The second-order valence-corrected chi connectivity index (χ2v) is 8.60. The molecule has 1 N–H and O–H groups in total. The van der Waals surface area contributed by atoms with Crippen LogP contribution in [0.4, 0.5) is 0 Å². The van der Waals surface area contributed by atoms with Gasteiger partial charge in [0.25, 0.3) is 0 Å². The second-order valence-electron chi connectivity index (χ2n) is 8.60. The van der Waals surface area contributed by atoms with Crippen LogP contribution in [0.3, 0.4) is 0 Å². The predicted octanol–water partition coefficient (Wildman–Crippen LogP) is 4.73. The van der Waals surface area contributed by atoms with Crippen LogP contribution in [-0.2, 0) is 10.2 Å². The Morgan fingerprint density at radius 1 is 1.09 bits per heavy atom. The molecule has 1 aromatic carbocycles. The van der Waals surface area contributed by atoms with E-state index in [1.807, 2.05) is 0 Å². The van der Waals surface area contributed by atoms with Crippen molar-refractivity contribution in [3.63, 3.8) is 0 Å². The predicted molar refractivity (Wildman–Crippen MR) is 87.0 cm³/mol. The summed E-state index contributed by atoms with van der Waals surface area (Å²) in [5.41, 5.74) is 2.48. The topological polar surface area (TPSA) is 37.3 Å². The standard InChI is InChI=1S/C20H26O2/c1-13(2)16-3-5-17(6-4-16)19-8-14-7-15(9-19)11-20(10-14,12-19)18(21)22/h3-6,13-15H,7-12H2,1-2H3,(H,21,22)/t14-,15+,19?,20?. The molecular weight excluding hydrogens is 272 g/mol. The molecule has 4 fully saturated rings. The van der Waals surface area contributed by atoms with E-state index >= 15 is 0 Å². The molecule has 4 aliphatic rings. The Balaban J connectivity index is 1.73. The Hall–Kier alpha value is -1.31. The number of hydrogen-bond acceptors (Lipinski definition) is 1. The molecule has 5 rings (SSSR count). The fraction of sp³-hybridized carbons (Fsp3) is 0.650. The zero-order valence-electron chi connectivity index (χ0n) is 13.6. The lowest BCUT2D eigenvalue weighted by atomic mass is 9.43. The Bertz CT molecular complexity index is 585. The van der Waals surface area contributed by atoms with Gasteiger partial charge in [0.05, 0.1) is 5.41 Å². The summed E-state index contributed by atoms with van der Waals surface area (Å²) in [6.07, 6.45) is 6.39. The summed E-state index contributed by atoms with van der Waals surface area (Å²) in [4.78, 5) is 12.0. The summed E-state index contributed by atoms with van der Waals surface area (Å²) >= 11 is 0. The average Bonchev–Trinajstić information content (AvgIpc) is 2.46. The van der Waals surface area contributed by atoms with Crippen molar-refractivity contribution in [3.05, 3.63) is 35.4 Å². The van der Waals surface area contributed by atoms with Crippen molar-refractivity contribution in [2.75, 3.05) is 0 Å².